The van der Waals surface area contributed by atoms with Gasteiger partial charge in [0.2, 0.25) is 5.91 Å². The van der Waals surface area contributed by atoms with Gasteiger partial charge in [0.05, 0.1) is 12.2 Å². The first kappa shape index (κ1) is 14.0. The van der Waals surface area contributed by atoms with Crippen molar-refractivity contribution in [2.45, 2.75) is 13.3 Å². The van der Waals surface area contributed by atoms with Crippen LogP contribution in [-0.2, 0) is 4.79 Å². The molecule has 0 fully saturated rings. The van der Waals surface area contributed by atoms with Crippen molar-refractivity contribution in [2.24, 2.45) is 0 Å². The second-order valence-electron chi connectivity index (χ2n) is 3.64. The number of urea groups is 1. The highest BCUT2D eigenvalue weighted by Gasteiger charge is 2.07. The van der Waals surface area contributed by atoms with E-state index in [1.807, 2.05) is 6.92 Å². The third kappa shape index (κ3) is 4.82. The van der Waals surface area contributed by atoms with Crippen molar-refractivity contribution < 1.29 is 14.0 Å². The lowest BCUT2D eigenvalue weighted by atomic mass is 10.3. The third-order valence-electron chi connectivity index (χ3n) is 2.10. The fourth-order valence-electron chi connectivity index (χ4n) is 1.23. The van der Waals surface area contributed by atoms with Crippen molar-refractivity contribution in [1.82, 2.24) is 10.6 Å². The van der Waals surface area contributed by atoms with E-state index < -0.39 is 17.8 Å². The van der Waals surface area contributed by atoms with E-state index in [0.29, 0.717) is 6.54 Å². The molecule has 5 nitrogen and oxygen atoms in total. The van der Waals surface area contributed by atoms with Crippen LogP contribution in [-0.4, -0.2) is 25.0 Å². The van der Waals surface area contributed by atoms with Crippen LogP contribution in [0.5, 0.6) is 0 Å². The smallest absolute Gasteiger partial charge is 0.321 e. The highest BCUT2D eigenvalue weighted by atomic mass is 19.1. The summed E-state index contributed by atoms with van der Waals surface area (Å²) in [6.07, 6.45) is 0.787. The molecule has 0 aliphatic rings. The zero-order valence-corrected chi connectivity index (χ0v) is 10.1. The van der Waals surface area contributed by atoms with Crippen molar-refractivity contribution in [1.29, 1.82) is 0 Å². The Balaban J connectivity index is 2.33. The summed E-state index contributed by atoms with van der Waals surface area (Å²) >= 11 is 0. The van der Waals surface area contributed by atoms with Gasteiger partial charge in [-0.3, -0.25) is 10.1 Å². The van der Waals surface area contributed by atoms with Crippen LogP contribution in [0, 0.1) is 5.82 Å². The van der Waals surface area contributed by atoms with E-state index in [2.05, 4.69) is 16.0 Å². The summed E-state index contributed by atoms with van der Waals surface area (Å²) in [7, 11) is 0. The van der Waals surface area contributed by atoms with Crippen molar-refractivity contribution in [3.63, 3.8) is 0 Å². The van der Waals surface area contributed by atoms with Gasteiger partial charge in [0, 0.05) is 6.54 Å². The molecule has 3 N–H and O–H groups in total. The number of halogens is 1. The van der Waals surface area contributed by atoms with Gasteiger partial charge >= 0.3 is 6.03 Å². The molecule has 0 saturated carbocycles. The quantitative estimate of drug-likeness (QED) is 0.744. The Morgan fingerprint density at radius 3 is 2.67 bits per heavy atom. The molecule has 0 aliphatic carbocycles. The Kier molecular flexibility index (Phi) is 5.63. The first-order chi connectivity index (χ1) is 8.63. The molecule has 1 aromatic rings. The van der Waals surface area contributed by atoms with Crippen LogP contribution in [0.1, 0.15) is 13.3 Å². The van der Waals surface area contributed by atoms with Crippen LogP contribution < -0.4 is 16.0 Å². The van der Waals surface area contributed by atoms with Crippen LogP contribution in [0.2, 0.25) is 0 Å². The fraction of sp³-hybridized carbons (Fsp3) is 0.333. The molecule has 0 bridgehead atoms. The Hall–Kier alpha value is -2.11. The molecule has 0 aromatic heterocycles. The van der Waals surface area contributed by atoms with Crippen molar-refractivity contribution >= 4 is 17.6 Å². The summed E-state index contributed by atoms with van der Waals surface area (Å²) in [6, 6.07) is 5.46. The van der Waals surface area contributed by atoms with E-state index in [1.54, 1.807) is 12.1 Å². The number of hydrogen-bond donors (Lipinski definition) is 3. The number of carbonyl (C=O) groups is 2. The molecule has 1 aromatic carbocycles. The number of benzene rings is 1. The second-order valence-corrected chi connectivity index (χ2v) is 3.64. The maximum absolute atomic E-state index is 13.2. The van der Waals surface area contributed by atoms with Crippen LogP contribution in [0.3, 0.4) is 0 Å². The van der Waals surface area contributed by atoms with Gasteiger partial charge < -0.3 is 10.6 Å². The van der Waals surface area contributed by atoms with Gasteiger partial charge in [-0.25, -0.2) is 9.18 Å². The van der Waals surface area contributed by atoms with Gasteiger partial charge in [-0.1, -0.05) is 19.1 Å². The zero-order valence-electron chi connectivity index (χ0n) is 10.1. The van der Waals surface area contributed by atoms with Gasteiger partial charge in [-0.15, -0.1) is 0 Å². The van der Waals surface area contributed by atoms with E-state index in [9.17, 15) is 14.0 Å². The number of amides is 3. The predicted molar refractivity (Wildman–Crippen MR) is 66.7 cm³/mol. The number of carbonyl (C=O) groups excluding carboxylic acids is 2. The fourth-order valence-corrected chi connectivity index (χ4v) is 1.23. The number of hydrogen-bond acceptors (Lipinski definition) is 3. The van der Waals surface area contributed by atoms with Crippen LogP contribution in [0.15, 0.2) is 24.3 Å². The molecule has 6 heteroatoms. The van der Waals surface area contributed by atoms with Gasteiger partial charge in [0.15, 0.2) is 0 Å². The van der Waals surface area contributed by atoms with Gasteiger partial charge in [-0.05, 0) is 18.6 Å². The highest BCUT2D eigenvalue weighted by molar-refractivity contribution is 5.96. The lowest BCUT2D eigenvalue weighted by molar-refractivity contribution is -0.118. The van der Waals surface area contributed by atoms with Gasteiger partial charge in [0.25, 0.3) is 0 Å². The van der Waals surface area contributed by atoms with Crippen molar-refractivity contribution in [3.8, 4) is 0 Å². The zero-order chi connectivity index (χ0) is 13.4. The predicted octanol–water partition coefficient (Wildman–Crippen LogP) is 1.47. The van der Waals surface area contributed by atoms with Crippen molar-refractivity contribution in [3.05, 3.63) is 30.1 Å². The normalized spacial score (nSPS) is 9.67. The summed E-state index contributed by atoms with van der Waals surface area (Å²) in [5.41, 5.74) is 0.224. The standard InChI is InChI=1S/C12H16FN3O2/c1-2-7-14-12(18)16-11(17)8-15-10-6-4-3-5-9(10)13/h3-6,15H,2,7-8H2,1H3,(H2,14,16,17,18). The number of nitrogens with one attached hydrogen (secondary N) is 3. The summed E-state index contributed by atoms with van der Waals surface area (Å²) in [5.74, 6) is -0.965. The Morgan fingerprint density at radius 2 is 2.00 bits per heavy atom. The molecular formula is C12H16FN3O2. The van der Waals surface area contributed by atoms with Crippen LogP contribution in [0.25, 0.3) is 0 Å². The summed E-state index contributed by atoms with van der Waals surface area (Å²) in [4.78, 5) is 22.5. The number of para-hydroxylation sites is 1. The largest absolute Gasteiger partial charge is 0.374 e. The lowest BCUT2D eigenvalue weighted by Crippen LogP contribution is -2.42. The van der Waals surface area contributed by atoms with Gasteiger partial charge in [0.1, 0.15) is 5.82 Å². The average molecular weight is 253 g/mol. The van der Waals surface area contributed by atoms with E-state index in [4.69, 9.17) is 0 Å². The molecule has 0 unspecified atom stereocenters. The summed E-state index contributed by atoms with van der Waals surface area (Å²) in [6.45, 7) is 2.24. The van der Waals surface area contributed by atoms with E-state index in [-0.39, 0.29) is 12.2 Å². The minimum Gasteiger partial charge on any atom is -0.374 e. The SMILES string of the molecule is CCCNC(=O)NC(=O)CNc1ccccc1F. The van der Waals surface area contributed by atoms with E-state index >= 15 is 0 Å². The summed E-state index contributed by atoms with van der Waals surface area (Å²) < 4.78 is 13.2. The molecule has 0 spiro atoms. The molecule has 98 valence electrons. The molecule has 18 heavy (non-hydrogen) atoms. The van der Waals surface area contributed by atoms with Gasteiger partial charge in [-0.2, -0.15) is 0 Å². The minimum atomic E-state index is -0.544. The first-order valence-corrected chi connectivity index (χ1v) is 5.69. The van der Waals surface area contributed by atoms with Crippen LogP contribution >= 0.6 is 0 Å². The average Bonchev–Trinajstić information content (AvgIpc) is 2.35. The molecule has 3 amide bonds. The molecule has 0 heterocycles. The molecular weight excluding hydrogens is 237 g/mol. The lowest BCUT2D eigenvalue weighted by Gasteiger charge is -2.08. The van der Waals surface area contributed by atoms with E-state index in [0.717, 1.165) is 6.42 Å². The summed E-state index contributed by atoms with van der Waals surface area (Å²) in [5, 5.41) is 7.24. The monoisotopic (exact) mass is 253 g/mol. The molecule has 0 aliphatic heterocycles. The Labute approximate surface area is 105 Å². The maximum Gasteiger partial charge on any atom is 0.321 e. The molecule has 1 rings (SSSR count). The highest BCUT2D eigenvalue weighted by Crippen LogP contribution is 2.11. The van der Waals surface area contributed by atoms with E-state index in [1.165, 1.54) is 12.1 Å². The molecule has 0 radical (unpaired) electrons. The second kappa shape index (κ2) is 7.26. The molecule has 0 saturated heterocycles. The Morgan fingerprint density at radius 1 is 1.28 bits per heavy atom. The third-order valence-corrected chi connectivity index (χ3v) is 2.10. The molecule has 0 atom stereocenters. The minimum absolute atomic E-state index is 0.166. The maximum atomic E-state index is 13.2. The number of imide groups is 1. The topological polar surface area (TPSA) is 70.2 Å². The van der Waals surface area contributed by atoms with Crippen molar-refractivity contribution in [2.75, 3.05) is 18.4 Å². The Bertz CT molecular complexity index is 424. The van der Waals surface area contributed by atoms with Crippen LogP contribution in [0.4, 0.5) is 14.9 Å². The first-order valence-electron chi connectivity index (χ1n) is 5.69. The number of rotatable bonds is 5. The number of anilines is 1.